The van der Waals surface area contributed by atoms with E-state index in [1.54, 1.807) is 6.92 Å². The topological polar surface area (TPSA) is 54.5 Å². The molecular weight excluding hydrogens is 338 g/mol. The molecule has 1 aliphatic rings. The van der Waals surface area contributed by atoms with Crippen LogP contribution in [-0.4, -0.2) is 30.1 Å². The van der Waals surface area contributed by atoms with Gasteiger partial charge >= 0.3 is 0 Å². The molecule has 1 aromatic heterocycles. The minimum Gasteiger partial charge on any atom is -0.481 e. The molecule has 1 amide bonds. The Morgan fingerprint density at radius 1 is 1.15 bits per heavy atom. The van der Waals surface area contributed by atoms with E-state index in [1.165, 1.54) is 12.8 Å². The number of pyridine rings is 1. The van der Waals surface area contributed by atoms with E-state index in [0.717, 1.165) is 35.7 Å². The molecule has 0 spiro atoms. The molecule has 1 aromatic carbocycles. The van der Waals surface area contributed by atoms with Crippen LogP contribution in [0.15, 0.2) is 36.5 Å². The highest BCUT2D eigenvalue weighted by atomic mass is 16.5. The van der Waals surface area contributed by atoms with Crippen molar-refractivity contribution in [1.82, 2.24) is 4.98 Å². The van der Waals surface area contributed by atoms with Crippen LogP contribution >= 0.6 is 0 Å². The summed E-state index contributed by atoms with van der Waals surface area (Å²) in [5.74, 6) is 1.44. The van der Waals surface area contributed by atoms with Gasteiger partial charge < -0.3 is 15.0 Å². The van der Waals surface area contributed by atoms with Gasteiger partial charge in [-0.1, -0.05) is 26.0 Å². The second kappa shape index (κ2) is 8.42. The Morgan fingerprint density at radius 2 is 1.89 bits per heavy atom. The van der Waals surface area contributed by atoms with Gasteiger partial charge in [0.1, 0.15) is 11.6 Å². The molecule has 2 aromatic rings. The summed E-state index contributed by atoms with van der Waals surface area (Å²) >= 11 is 0. The molecule has 0 saturated carbocycles. The lowest BCUT2D eigenvalue weighted by molar-refractivity contribution is -0.122. The maximum absolute atomic E-state index is 12.5. The molecular formula is C22H29N3O2. The Labute approximate surface area is 161 Å². The number of hydrogen-bond donors (Lipinski definition) is 1. The van der Waals surface area contributed by atoms with E-state index >= 15 is 0 Å². The van der Waals surface area contributed by atoms with E-state index in [0.29, 0.717) is 11.7 Å². The van der Waals surface area contributed by atoms with Gasteiger partial charge in [0.25, 0.3) is 5.91 Å². The zero-order valence-corrected chi connectivity index (χ0v) is 16.7. The number of rotatable bonds is 6. The Morgan fingerprint density at radius 3 is 2.52 bits per heavy atom. The molecule has 1 N–H and O–H groups in total. The van der Waals surface area contributed by atoms with Crippen LogP contribution in [0.3, 0.4) is 0 Å². The number of anilines is 2. The first-order valence-corrected chi connectivity index (χ1v) is 9.73. The average molecular weight is 367 g/mol. The van der Waals surface area contributed by atoms with E-state index in [2.05, 4.69) is 41.2 Å². The van der Waals surface area contributed by atoms with Crippen molar-refractivity contribution in [2.45, 2.75) is 52.6 Å². The predicted octanol–water partition coefficient (Wildman–Crippen LogP) is 4.52. The molecule has 1 saturated heterocycles. The van der Waals surface area contributed by atoms with Gasteiger partial charge in [0.15, 0.2) is 6.10 Å². The molecule has 0 bridgehead atoms. The Bertz CT molecular complexity index is 781. The maximum Gasteiger partial charge on any atom is 0.266 e. The Balaban J connectivity index is 1.63. The van der Waals surface area contributed by atoms with Gasteiger partial charge in [-0.3, -0.25) is 4.79 Å². The van der Waals surface area contributed by atoms with Gasteiger partial charge in [-0.05, 0) is 61.9 Å². The van der Waals surface area contributed by atoms with Gasteiger partial charge in [0, 0.05) is 13.1 Å². The number of nitrogens with one attached hydrogen (secondary N) is 1. The fourth-order valence-electron chi connectivity index (χ4n) is 3.31. The molecule has 1 atom stereocenters. The van der Waals surface area contributed by atoms with Crippen molar-refractivity contribution >= 4 is 17.4 Å². The van der Waals surface area contributed by atoms with Crippen LogP contribution in [0.1, 0.15) is 50.7 Å². The largest absolute Gasteiger partial charge is 0.481 e. The van der Waals surface area contributed by atoms with Crippen LogP contribution in [0, 0.1) is 6.92 Å². The van der Waals surface area contributed by atoms with Crippen LogP contribution in [0.4, 0.5) is 11.5 Å². The first kappa shape index (κ1) is 19.2. The number of nitrogens with zero attached hydrogens (tertiary/aromatic N) is 2. The minimum absolute atomic E-state index is 0.201. The molecule has 3 rings (SSSR count). The van der Waals surface area contributed by atoms with Crippen molar-refractivity contribution < 1.29 is 9.53 Å². The summed E-state index contributed by atoms with van der Waals surface area (Å²) in [4.78, 5) is 19.2. The highest BCUT2D eigenvalue weighted by Crippen LogP contribution is 2.28. The highest BCUT2D eigenvalue weighted by molar-refractivity contribution is 5.93. The molecule has 1 aliphatic heterocycles. The first-order chi connectivity index (χ1) is 12.9. The number of benzene rings is 1. The number of aryl methyl sites for hydroxylation is 1. The predicted molar refractivity (Wildman–Crippen MR) is 110 cm³/mol. The van der Waals surface area contributed by atoms with Gasteiger partial charge in [0.2, 0.25) is 0 Å². The van der Waals surface area contributed by atoms with Crippen molar-refractivity contribution in [2.24, 2.45) is 0 Å². The summed E-state index contributed by atoms with van der Waals surface area (Å²) in [6, 6.07) is 9.99. The third-order valence-electron chi connectivity index (χ3n) is 4.93. The van der Waals surface area contributed by atoms with Gasteiger partial charge in [0.05, 0.1) is 11.9 Å². The zero-order valence-electron chi connectivity index (χ0n) is 16.7. The summed E-state index contributed by atoms with van der Waals surface area (Å²) in [6.45, 7) is 10.2. The van der Waals surface area contributed by atoms with E-state index in [4.69, 9.17) is 4.74 Å². The molecule has 144 valence electrons. The second-order valence-corrected chi connectivity index (χ2v) is 7.54. The number of hydrogen-bond acceptors (Lipinski definition) is 4. The lowest BCUT2D eigenvalue weighted by Crippen LogP contribution is -2.30. The molecule has 5 heteroatoms. The smallest absolute Gasteiger partial charge is 0.266 e. The summed E-state index contributed by atoms with van der Waals surface area (Å²) in [5, 5.41) is 2.85. The summed E-state index contributed by atoms with van der Waals surface area (Å²) in [6.07, 6.45) is 3.67. The average Bonchev–Trinajstić information content (AvgIpc) is 3.16. The van der Waals surface area contributed by atoms with E-state index in [-0.39, 0.29) is 5.91 Å². The van der Waals surface area contributed by atoms with Gasteiger partial charge in [-0.2, -0.15) is 0 Å². The van der Waals surface area contributed by atoms with Crippen molar-refractivity contribution in [1.29, 1.82) is 0 Å². The molecule has 27 heavy (non-hydrogen) atoms. The maximum atomic E-state index is 12.5. The van der Waals surface area contributed by atoms with E-state index < -0.39 is 6.10 Å². The van der Waals surface area contributed by atoms with Crippen LogP contribution in [-0.2, 0) is 4.79 Å². The molecule has 2 heterocycles. The molecule has 0 aliphatic carbocycles. The summed E-state index contributed by atoms with van der Waals surface area (Å²) in [5.41, 5.74) is 3.32. The van der Waals surface area contributed by atoms with Crippen molar-refractivity contribution in [3.63, 3.8) is 0 Å². The monoisotopic (exact) mass is 367 g/mol. The van der Waals surface area contributed by atoms with Crippen molar-refractivity contribution in [2.75, 3.05) is 23.3 Å². The SMILES string of the molecule is Cc1ccc(C(C)C)c(OC(C)C(=O)Nc2ccc(N3CCCC3)cn2)c1. The number of aromatic nitrogens is 1. The number of ether oxygens (including phenoxy) is 1. The first-order valence-electron chi connectivity index (χ1n) is 9.73. The number of carbonyl (C=O) groups is 1. The van der Waals surface area contributed by atoms with Crippen molar-refractivity contribution in [3.05, 3.63) is 47.7 Å². The van der Waals surface area contributed by atoms with Crippen LogP contribution in [0.25, 0.3) is 0 Å². The second-order valence-electron chi connectivity index (χ2n) is 7.54. The van der Waals surface area contributed by atoms with Gasteiger partial charge in [-0.15, -0.1) is 0 Å². The third-order valence-corrected chi connectivity index (χ3v) is 4.93. The van der Waals surface area contributed by atoms with E-state index in [1.807, 2.05) is 31.3 Å². The number of amides is 1. The molecule has 0 radical (unpaired) electrons. The molecule has 1 fully saturated rings. The standard InChI is InChI=1S/C22H29N3O2/c1-15(2)19-9-7-16(3)13-20(19)27-17(4)22(26)24-21-10-8-18(14-23-21)25-11-5-6-12-25/h7-10,13-15,17H,5-6,11-12H2,1-4H3,(H,23,24,26). The fourth-order valence-corrected chi connectivity index (χ4v) is 3.31. The number of carbonyl (C=O) groups excluding carboxylic acids is 1. The Kier molecular flexibility index (Phi) is 5.99. The Hall–Kier alpha value is -2.56. The van der Waals surface area contributed by atoms with Crippen LogP contribution < -0.4 is 15.0 Å². The summed E-state index contributed by atoms with van der Waals surface area (Å²) in [7, 11) is 0. The molecule has 5 nitrogen and oxygen atoms in total. The molecule has 1 unspecified atom stereocenters. The highest BCUT2D eigenvalue weighted by Gasteiger charge is 2.19. The fraction of sp³-hybridized carbons (Fsp3) is 0.455. The van der Waals surface area contributed by atoms with Crippen molar-refractivity contribution in [3.8, 4) is 5.75 Å². The lowest BCUT2D eigenvalue weighted by Gasteiger charge is -2.20. The minimum atomic E-state index is -0.607. The normalized spacial score (nSPS) is 15.1. The summed E-state index contributed by atoms with van der Waals surface area (Å²) < 4.78 is 5.98. The zero-order chi connectivity index (χ0) is 19.4. The van der Waals surface area contributed by atoms with Crippen LogP contribution in [0.5, 0.6) is 5.75 Å². The van der Waals surface area contributed by atoms with E-state index in [9.17, 15) is 4.79 Å². The van der Waals surface area contributed by atoms with Gasteiger partial charge in [-0.25, -0.2) is 4.98 Å². The third kappa shape index (κ3) is 4.79. The lowest BCUT2D eigenvalue weighted by atomic mass is 10.0. The van der Waals surface area contributed by atoms with Crippen LogP contribution in [0.2, 0.25) is 0 Å². The quantitative estimate of drug-likeness (QED) is 0.816.